The van der Waals surface area contributed by atoms with E-state index in [-0.39, 0.29) is 24.0 Å². The average molecular weight is 526 g/mol. The predicted molar refractivity (Wildman–Crippen MR) is 131 cm³/mol. The van der Waals surface area contributed by atoms with Gasteiger partial charge in [0.1, 0.15) is 0 Å². The number of aliphatic imine (C=N–C) groups is 1. The molecule has 1 aromatic carbocycles. The first-order valence-corrected chi connectivity index (χ1v) is 10.7. The summed E-state index contributed by atoms with van der Waals surface area (Å²) in [5.41, 5.74) is 2.64. The molecule has 0 atom stereocenters. The van der Waals surface area contributed by atoms with Crippen LogP contribution in [0.3, 0.4) is 0 Å². The molecule has 0 unspecified atom stereocenters. The fourth-order valence-electron chi connectivity index (χ4n) is 3.42. The number of aromatic nitrogens is 2. The normalized spacial score (nSPS) is 14.7. The molecule has 1 aliphatic rings. The first-order valence-electron chi connectivity index (χ1n) is 10.7. The molecule has 2 aromatic rings. The smallest absolute Gasteiger partial charge is 0.226 e. The summed E-state index contributed by atoms with van der Waals surface area (Å²) >= 11 is 0. The first-order chi connectivity index (χ1) is 14.1. The van der Waals surface area contributed by atoms with Gasteiger partial charge in [0, 0.05) is 39.0 Å². The van der Waals surface area contributed by atoms with Gasteiger partial charge in [-0.25, -0.2) is 0 Å². The van der Waals surface area contributed by atoms with Gasteiger partial charge in [0.2, 0.25) is 5.89 Å². The quantitative estimate of drug-likeness (QED) is 0.225. The van der Waals surface area contributed by atoms with Crippen molar-refractivity contribution in [3.63, 3.8) is 0 Å². The number of nitrogens with zero attached hydrogens (tertiary/aromatic N) is 4. The molecule has 1 saturated heterocycles. The Morgan fingerprint density at radius 3 is 2.47 bits per heavy atom. The number of rotatable bonds is 9. The minimum atomic E-state index is 0. The number of aryl methyl sites for hydroxylation is 1. The topological polar surface area (TPSA) is 78.6 Å². The van der Waals surface area contributed by atoms with E-state index in [1.807, 2.05) is 0 Å². The highest BCUT2D eigenvalue weighted by atomic mass is 127. The zero-order valence-corrected chi connectivity index (χ0v) is 20.7. The molecule has 2 heterocycles. The number of nitrogens with one attached hydrogen (secondary N) is 2. The van der Waals surface area contributed by atoms with Crippen LogP contribution in [0.25, 0.3) is 0 Å². The fraction of sp³-hybridized carbons (Fsp3) is 0.591. The Balaban J connectivity index is 0.00000320. The number of guanidine groups is 1. The number of benzene rings is 1. The summed E-state index contributed by atoms with van der Waals surface area (Å²) in [7, 11) is 1.79. The molecule has 1 aliphatic heterocycles. The minimum absolute atomic E-state index is 0. The van der Waals surface area contributed by atoms with E-state index in [0.717, 1.165) is 44.3 Å². The number of likely N-dealkylation sites (tertiary alicyclic amines) is 1. The third kappa shape index (κ3) is 7.86. The summed E-state index contributed by atoms with van der Waals surface area (Å²) in [5, 5.41) is 10.7. The van der Waals surface area contributed by atoms with Crippen LogP contribution in [0.5, 0.6) is 0 Å². The minimum Gasteiger partial charge on any atom is -0.356 e. The zero-order valence-electron chi connectivity index (χ0n) is 18.4. The Labute approximate surface area is 197 Å². The molecule has 0 saturated carbocycles. The molecular weight excluding hydrogens is 491 g/mol. The molecule has 166 valence electrons. The molecule has 8 heteroatoms. The summed E-state index contributed by atoms with van der Waals surface area (Å²) in [6.45, 7) is 9.21. The largest absolute Gasteiger partial charge is 0.356 e. The molecule has 0 bridgehead atoms. The Morgan fingerprint density at radius 2 is 1.83 bits per heavy atom. The predicted octanol–water partition coefficient (Wildman–Crippen LogP) is 3.70. The summed E-state index contributed by atoms with van der Waals surface area (Å²) in [6, 6.07) is 8.88. The Kier molecular flexibility index (Phi) is 10.6. The van der Waals surface area contributed by atoms with E-state index in [2.05, 4.69) is 68.8 Å². The maximum absolute atomic E-state index is 5.28. The molecule has 2 N–H and O–H groups in total. The van der Waals surface area contributed by atoms with Crippen LogP contribution in [0.15, 0.2) is 33.8 Å². The molecule has 0 radical (unpaired) electrons. The zero-order chi connectivity index (χ0) is 20.5. The molecule has 0 spiro atoms. The molecule has 30 heavy (non-hydrogen) atoms. The van der Waals surface area contributed by atoms with Crippen molar-refractivity contribution in [1.29, 1.82) is 0 Å². The first kappa shape index (κ1) is 24.6. The van der Waals surface area contributed by atoms with Gasteiger partial charge in [-0.3, -0.25) is 9.89 Å². The fourth-order valence-corrected chi connectivity index (χ4v) is 3.42. The highest BCUT2D eigenvalue weighted by Crippen LogP contribution is 2.13. The Bertz CT molecular complexity index is 768. The van der Waals surface area contributed by atoms with E-state index >= 15 is 0 Å². The van der Waals surface area contributed by atoms with Crippen LogP contribution < -0.4 is 10.6 Å². The van der Waals surface area contributed by atoms with E-state index in [1.54, 1.807) is 7.05 Å². The van der Waals surface area contributed by atoms with Crippen LogP contribution in [0.4, 0.5) is 0 Å². The average Bonchev–Trinajstić information content (AvgIpc) is 3.41. The van der Waals surface area contributed by atoms with Crippen molar-refractivity contribution in [3.05, 3.63) is 47.1 Å². The lowest BCUT2D eigenvalue weighted by molar-refractivity contribution is 0.331. The molecule has 7 nitrogen and oxygen atoms in total. The lowest BCUT2D eigenvalue weighted by Crippen LogP contribution is -2.37. The molecular formula is C22H35IN6O. The van der Waals surface area contributed by atoms with Crippen molar-refractivity contribution < 1.29 is 4.52 Å². The van der Waals surface area contributed by atoms with Crippen LogP contribution in [0.2, 0.25) is 0 Å². The van der Waals surface area contributed by atoms with Gasteiger partial charge in [0.05, 0.1) is 0 Å². The molecule has 0 aliphatic carbocycles. The van der Waals surface area contributed by atoms with Gasteiger partial charge in [-0.05, 0) is 43.5 Å². The molecule has 1 fully saturated rings. The van der Waals surface area contributed by atoms with Crippen LogP contribution in [-0.4, -0.2) is 47.7 Å². The van der Waals surface area contributed by atoms with Crippen LogP contribution in [0, 0.1) is 0 Å². The molecule has 1 aromatic heterocycles. The third-order valence-corrected chi connectivity index (χ3v) is 5.17. The number of hydrogen-bond donors (Lipinski definition) is 2. The second kappa shape index (κ2) is 12.9. The van der Waals surface area contributed by atoms with Crippen molar-refractivity contribution in [3.8, 4) is 0 Å². The van der Waals surface area contributed by atoms with Gasteiger partial charge in [-0.1, -0.05) is 43.3 Å². The summed E-state index contributed by atoms with van der Waals surface area (Å²) in [4.78, 5) is 11.2. The Morgan fingerprint density at radius 1 is 1.13 bits per heavy atom. The highest BCUT2D eigenvalue weighted by molar-refractivity contribution is 14.0. The molecule has 0 amide bonds. The second-order valence-electron chi connectivity index (χ2n) is 7.96. The van der Waals surface area contributed by atoms with E-state index in [1.165, 1.54) is 37.1 Å². The lowest BCUT2D eigenvalue weighted by Gasteiger charge is -2.15. The summed E-state index contributed by atoms with van der Waals surface area (Å²) < 4.78 is 5.28. The standard InChI is InChI=1S/C22H34N6O.HI/c1-17(2)21-26-20(29-27-21)7-6-12-24-22(23-3)25-15-18-8-10-19(11-9-18)16-28-13-4-5-14-28;/h8-11,17H,4-7,12-16H2,1-3H3,(H2,23,24,25);1H. The summed E-state index contributed by atoms with van der Waals surface area (Å²) in [6.07, 6.45) is 4.35. The number of hydrogen-bond acceptors (Lipinski definition) is 5. The van der Waals surface area contributed by atoms with Crippen molar-refractivity contribution in [2.45, 2.75) is 58.5 Å². The van der Waals surface area contributed by atoms with E-state index in [4.69, 9.17) is 4.52 Å². The maximum atomic E-state index is 5.28. The lowest BCUT2D eigenvalue weighted by atomic mass is 10.1. The van der Waals surface area contributed by atoms with Crippen LogP contribution in [0.1, 0.15) is 61.9 Å². The van der Waals surface area contributed by atoms with Gasteiger partial charge in [0.15, 0.2) is 11.8 Å². The van der Waals surface area contributed by atoms with Gasteiger partial charge in [-0.2, -0.15) is 4.98 Å². The van der Waals surface area contributed by atoms with Gasteiger partial charge < -0.3 is 15.2 Å². The van der Waals surface area contributed by atoms with E-state index in [0.29, 0.717) is 11.8 Å². The van der Waals surface area contributed by atoms with Gasteiger partial charge >= 0.3 is 0 Å². The summed E-state index contributed by atoms with van der Waals surface area (Å²) in [5.74, 6) is 2.58. The van der Waals surface area contributed by atoms with Crippen molar-refractivity contribution in [2.75, 3.05) is 26.7 Å². The van der Waals surface area contributed by atoms with Crippen LogP contribution in [-0.2, 0) is 19.5 Å². The van der Waals surface area contributed by atoms with E-state index in [9.17, 15) is 0 Å². The number of halogens is 1. The highest BCUT2D eigenvalue weighted by Gasteiger charge is 2.11. The maximum Gasteiger partial charge on any atom is 0.226 e. The van der Waals surface area contributed by atoms with E-state index < -0.39 is 0 Å². The Hall–Kier alpha value is -1.68. The van der Waals surface area contributed by atoms with Crippen molar-refractivity contribution in [2.24, 2.45) is 4.99 Å². The van der Waals surface area contributed by atoms with Crippen LogP contribution >= 0.6 is 24.0 Å². The molecule has 3 rings (SSSR count). The van der Waals surface area contributed by atoms with Gasteiger partial charge in [-0.15, -0.1) is 24.0 Å². The SMILES string of the molecule is CN=C(NCCCc1nc(C(C)C)no1)NCc1ccc(CN2CCCC2)cc1.I. The van der Waals surface area contributed by atoms with Crippen molar-refractivity contribution in [1.82, 2.24) is 25.7 Å². The van der Waals surface area contributed by atoms with Crippen molar-refractivity contribution >= 4 is 29.9 Å². The second-order valence-corrected chi connectivity index (χ2v) is 7.96. The monoisotopic (exact) mass is 526 g/mol. The van der Waals surface area contributed by atoms with Gasteiger partial charge in [0.25, 0.3) is 0 Å². The third-order valence-electron chi connectivity index (χ3n) is 5.17.